The molecule has 3 saturated heterocycles. The van der Waals surface area contributed by atoms with Gasteiger partial charge in [0.05, 0.1) is 37.1 Å². The van der Waals surface area contributed by atoms with Crippen molar-refractivity contribution in [3.63, 3.8) is 0 Å². The minimum Gasteiger partial charge on any atom is -0.460 e. The average molecular weight is 610 g/mol. The third-order valence-corrected chi connectivity index (χ3v) is 9.08. The molecule has 3 aliphatic rings. The highest BCUT2D eigenvalue weighted by Gasteiger charge is 2.75. The third-order valence-electron chi connectivity index (χ3n) is 9.08. The predicted molar refractivity (Wildman–Crippen MR) is 165 cm³/mol. The number of ether oxygens (including phenoxy) is 2. The van der Waals surface area contributed by atoms with Crippen LogP contribution in [0.5, 0.6) is 0 Å². The standard InChI is InChI=1S/C34H47N3O7/c1-5-8-15-27(39)35-21-23(4)43-33(42)28-26-16-17-34(44-26)29(28)31(40)37(25(22-38)20-24-13-11-10-12-14-24)30(34)32(41)36(18-7-3)19-9-6-2/h5,7,10-14,23,25-26,28-30,38H,1,3,6,8-9,15-22H2,2,4H3,(H,35,39)/t23-,25+,26-,28+,29+,30-,34+/m0/s1. The van der Waals surface area contributed by atoms with E-state index < -0.39 is 47.7 Å². The molecule has 10 nitrogen and oxygen atoms in total. The van der Waals surface area contributed by atoms with E-state index in [2.05, 4.69) is 18.5 Å². The van der Waals surface area contributed by atoms with E-state index >= 15 is 0 Å². The largest absolute Gasteiger partial charge is 0.460 e. The van der Waals surface area contributed by atoms with Crippen molar-refractivity contribution < 1.29 is 33.8 Å². The number of amides is 3. The fourth-order valence-corrected chi connectivity index (χ4v) is 7.04. The molecule has 4 rings (SSSR count). The maximum atomic E-state index is 14.5. The quantitative estimate of drug-likeness (QED) is 0.206. The molecule has 1 aromatic carbocycles. The van der Waals surface area contributed by atoms with Gasteiger partial charge in [-0.1, -0.05) is 55.8 Å². The number of benzene rings is 1. The van der Waals surface area contributed by atoms with Gasteiger partial charge in [-0.15, -0.1) is 13.2 Å². The number of fused-ring (bicyclic) bond motifs is 1. The molecule has 10 heteroatoms. The Labute approximate surface area is 260 Å². The summed E-state index contributed by atoms with van der Waals surface area (Å²) in [4.78, 5) is 57.8. The van der Waals surface area contributed by atoms with Gasteiger partial charge in [0.15, 0.2) is 0 Å². The molecule has 3 heterocycles. The van der Waals surface area contributed by atoms with Crippen LogP contribution < -0.4 is 5.32 Å². The normalized spacial score (nSPS) is 26.5. The maximum absolute atomic E-state index is 14.5. The smallest absolute Gasteiger partial charge is 0.312 e. The van der Waals surface area contributed by atoms with Crippen LogP contribution in [0.4, 0.5) is 0 Å². The molecule has 2 N–H and O–H groups in total. The Morgan fingerprint density at radius 1 is 1.25 bits per heavy atom. The molecule has 0 radical (unpaired) electrons. The molecule has 0 aromatic heterocycles. The molecule has 0 aliphatic carbocycles. The lowest BCUT2D eigenvalue weighted by Crippen LogP contribution is -2.59. The highest BCUT2D eigenvalue weighted by Crippen LogP contribution is 2.59. The van der Waals surface area contributed by atoms with Crippen molar-refractivity contribution >= 4 is 23.7 Å². The number of hydrogen-bond acceptors (Lipinski definition) is 7. The fourth-order valence-electron chi connectivity index (χ4n) is 7.04. The number of nitrogens with zero attached hydrogens (tertiary/aromatic N) is 2. The summed E-state index contributed by atoms with van der Waals surface area (Å²) < 4.78 is 12.3. The molecule has 44 heavy (non-hydrogen) atoms. The lowest BCUT2D eigenvalue weighted by molar-refractivity contribution is -0.160. The zero-order chi connectivity index (χ0) is 31.9. The first kappa shape index (κ1) is 33.4. The number of carbonyl (C=O) groups is 4. The Morgan fingerprint density at radius 3 is 2.66 bits per heavy atom. The summed E-state index contributed by atoms with van der Waals surface area (Å²) in [6.07, 6.45) is 5.94. The van der Waals surface area contributed by atoms with Crippen molar-refractivity contribution in [1.82, 2.24) is 15.1 Å². The highest BCUT2D eigenvalue weighted by atomic mass is 16.6. The van der Waals surface area contributed by atoms with Crippen molar-refractivity contribution in [1.29, 1.82) is 0 Å². The summed E-state index contributed by atoms with van der Waals surface area (Å²) in [5.74, 6) is -3.19. The van der Waals surface area contributed by atoms with E-state index in [1.165, 1.54) is 4.90 Å². The Balaban J connectivity index is 1.63. The van der Waals surface area contributed by atoms with Gasteiger partial charge in [-0.05, 0) is 44.6 Å². The van der Waals surface area contributed by atoms with Gasteiger partial charge in [-0.3, -0.25) is 19.2 Å². The van der Waals surface area contributed by atoms with Gasteiger partial charge in [-0.2, -0.15) is 0 Å². The van der Waals surface area contributed by atoms with Crippen molar-refractivity contribution in [2.24, 2.45) is 11.8 Å². The minimum atomic E-state index is -1.21. The van der Waals surface area contributed by atoms with Gasteiger partial charge in [0, 0.05) is 19.5 Å². The van der Waals surface area contributed by atoms with Crippen molar-refractivity contribution in [2.45, 2.75) is 88.7 Å². The summed E-state index contributed by atoms with van der Waals surface area (Å²) in [5.41, 5.74) is -0.292. The highest BCUT2D eigenvalue weighted by molar-refractivity contribution is 5.98. The van der Waals surface area contributed by atoms with Crippen LogP contribution in [0.1, 0.15) is 57.9 Å². The van der Waals surface area contributed by atoms with E-state index in [4.69, 9.17) is 9.47 Å². The second kappa shape index (κ2) is 15.0. The fraction of sp³-hybridized carbons (Fsp3) is 0.588. The molecule has 3 aliphatic heterocycles. The maximum Gasteiger partial charge on any atom is 0.312 e. The minimum absolute atomic E-state index is 0.133. The van der Waals surface area contributed by atoms with Crippen LogP contribution in [-0.2, 0) is 35.1 Å². The van der Waals surface area contributed by atoms with Gasteiger partial charge in [0.25, 0.3) is 0 Å². The summed E-state index contributed by atoms with van der Waals surface area (Å²) in [6.45, 7) is 11.8. The molecule has 1 aromatic rings. The molecular weight excluding hydrogens is 562 g/mol. The number of nitrogens with one attached hydrogen (secondary N) is 1. The molecular formula is C34H47N3O7. The van der Waals surface area contributed by atoms with Crippen LogP contribution in [0.3, 0.4) is 0 Å². The van der Waals surface area contributed by atoms with Crippen LogP contribution in [0, 0.1) is 11.8 Å². The Bertz CT molecular complexity index is 1210. The lowest BCUT2D eigenvalue weighted by Gasteiger charge is -2.39. The van der Waals surface area contributed by atoms with Crippen LogP contribution >= 0.6 is 0 Å². The second-order valence-corrected chi connectivity index (χ2v) is 12.1. The molecule has 3 amide bonds. The van der Waals surface area contributed by atoms with Gasteiger partial charge in [0.1, 0.15) is 17.7 Å². The Kier molecular flexibility index (Phi) is 11.4. The third kappa shape index (κ3) is 6.76. The summed E-state index contributed by atoms with van der Waals surface area (Å²) in [7, 11) is 0. The molecule has 3 fully saturated rings. The van der Waals surface area contributed by atoms with Crippen LogP contribution in [-0.4, -0.2) is 94.7 Å². The van der Waals surface area contributed by atoms with E-state index in [1.807, 2.05) is 37.3 Å². The van der Waals surface area contributed by atoms with Crippen molar-refractivity contribution in [2.75, 3.05) is 26.2 Å². The first-order valence-corrected chi connectivity index (χ1v) is 15.8. The van der Waals surface area contributed by atoms with Crippen LogP contribution in [0.2, 0.25) is 0 Å². The number of likely N-dealkylation sites (tertiary alicyclic amines) is 1. The van der Waals surface area contributed by atoms with E-state index in [9.17, 15) is 24.3 Å². The number of allylic oxidation sites excluding steroid dienone is 1. The van der Waals surface area contributed by atoms with E-state index in [-0.39, 0.29) is 30.9 Å². The summed E-state index contributed by atoms with van der Waals surface area (Å²) in [5, 5.41) is 13.4. The summed E-state index contributed by atoms with van der Waals surface area (Å²) >= 11 is 0. The zero-order valence-corrected chi connectivity index (χ0v) is 26.0. The van der Waals surface area contributed by atoms with Gasteiger partial charge in [0.2, 0.25) is 17.7 Å². The van der Waals surface area contributed by atoms with E-state index in [0.29, 0.717) is 45.2 Å². The van der Waals surface area contributed by atoms with Crippen molar-refractivity contribution in [3.05, 3.63) is 61.2 Å². The number of aliphatic hydroxyl groups excluding tert-OH is 1. The molecule has 1 spiro atoms. The SMILES string of the molecule is C=CCCC(=O)NC[C@H](C)OC(=O)[C@@H]1[C@@H]2CC[C@]3(O2)[C@H](C(=O)N(CC=C)CCCC)N([C@@H](CO)Cc2ccccc2)C(=O)[C@@H]13. The molecule has 0 unspecified atom stereocenters. The zero-order valence-electron chi connectivity index (χ0n) is 26.0. The van der Waals surface area contributed by atoms with Crippen LogP contribution in [0.15, 0.2) is 55.6 Å². The second-order valence-electron chi connectivity index (χ2n) is 12.1. The Hall–Kier alpha value is -3.50. The average Bonchev–Trinajstić information content (AvgIpc) is 3.67. The number of esters is 1. The van der Waals surface area contributed by atoms with Crippen LogP contribution in [0.25, 0.3) is 0 Å². The van der Waals surface area contributed by atoms with E-state index in [0.717, 1.165) is 18.4 Å². The predicted octanol–water partition coefficient (Wildman–Crippen LogP) is 2.79. The first-order valence-electron chi connectivity index (χ1n) is 15.8. The first-order chi connectivity index (χ1) is 21.2. The lowest BCUT2D eigenvalue weighted by atomic mass is 9.70. The number of unbranched alkanes of at least 4 members (excludes halogenated alkanes) is 1. The number of carbonyl (C=O) groups excluding carboxylic acids is 4. The molecule has 2 bridgehead atoms. The van der Waals surface area contributed by atoms with Gasteiger partial charge >= 0.3 is 5.97 Å². The number of rotatable bonds is 17. The topological polar surface area (TPSA) is 125 Å². The van der Waals surface area contributed by atoms with Gasteiger partial charge < -0.3 is 29.7 Å². The summed E-state index contributed by atoms with van der Waals surface area (Å²) in [6, 6.07) is 7.82. The number of hydrogen-bond donors (Lipinski definition) is 2. The molecule has 0 saturated carbocycles. The molecule has 7 atom stereocenters. The van der Waals surface area contributed by atoms with Crippen molar-refractivity contribution in [3.8, 4) is 0 Å². The monoisotopic (exact) mass is 609 g/mol. The Morgan fingerprint density at radius 2 is 2.00 bits per heavy atom. The van der Waals surface area contributed by atoms with E-state index in [1.54, 1.807) is 24.0 Å². The van der Waals surface area contributed by atoms with Gasteiger partial charge in [-0.25, -0.2) is 0 Å². The molecule has 240 valence electrons. The number of aliphatic hydroxyl groups is 1.